The summed E-state index contributed by atoms with van der Waals surface area (Å²) in [7, 11) is 0. The molecule has 4 aliphatic rings. The molecule has 2 nitrogen and oxygen atoms in total. The highest BCUT2D eigenvalue weighted by atomic mass is 32.2. The van der Waals surface area contributed by atoms with Crippen molar-refractivity contribution in [2.45, 2.75) is 97.8 Å². The Hall–Kier alpha value is -0.180. The predicted octanol–water partition coefficient (Wildman–Crippen LogP) is 6.85. The second-order valence-corrected chi connectivity index (χ2v) is 12.0. The fourth-order valence-electron chi connectivity index (χ4n) is 9.00. The second kappa shape index (κ2) is 8.16. The summed E-state index contributed by atoms with van der Waals surface area (Å²) in [5.41, 5.74) is 1.19. The van der Waals surface area contributed by atoms with Gasteiger partial charge in [0.25, 0.3) is 0 Å². The average molecular weight is 406 g/mol. The lowest BCUT2D eigenvalue weighted by Crippen LogP contribution is -2.53. The van der Waals surface area contributed by atoms with Gasteiger partial charge >= 0.3 is 0 Å². The number of carbonyl (C=O) groups excluding carboxylic acids is 1. The van der Waals surface area contributed by atoms with Gasteiger partial charge in [0.2, 0.25) is 5.91 Å². The first kappa shape index (κ1) is 21.1. The fraction of sp³-hybridized carbons (Fsp3) is 0.960. The van der Waals surface area contributed by atoms with E-state index < -0.39 is 0 Å². The summed E-state index contributed by atoms with van der Waals surface area (Å²) in [6.07, 6.45) is 18.5. The number of nitrogens with one attached hydrogen (secondary N) is 1. The third-order valence-corrected chi connectivity index (χ3v) is 10.8. The molecule has 0 heterocycles. The molecule has 1 amide bonds. The van der Waals surface area contributed by atoms with E-state index in [1.54, 1.807) is 0 Å². The highest BCUT2D eigenvalue weighted by Gasteiger charge is 2.60. The molecule has 0 aliphatic heterocycles. The van der Waals surface area contributed by atoms with Crippen molar-refractivity contribution in [3.8, 4) is 0 Å². The zero-order valence-electron chi connectivity index (χ0n) is 18.8. The Morgan fingerprint density at radius 3 is 2.57 bits per heavy atom. The summed E-state index contributed by atoms with van der Waals surface area (Å²) >= 11 is 1.43. The van der Waals surface area contributed by atoms with Gasteiger partial charge in [-0.15, -0.1) is 0 Å². The smallest absolute Gasteiger partial charge is 0.229 e. The molecule has 0 aromatic heterocycles. The zero-order chi connectivity index (χ0) is 19.9. The van der Waals surface area contributed by atoms with Crippen LogP contribution in [0.25, 0.3) is 0 Å². The van der Waals surface area contributed by atoms with Crippen LogP contribution in [0.1, 0.15) is 97.8 Å². The minimum absolute atomic E-state index is 0.214. The van der Waals surface area contributed by atoms with E-state index in [2.05, 4.69) is 25.5 Å². The van der Waals surface area contributed by atoms with Crippen LogP contribution in [0.15, 0.2) is 0 Å². The van der Waals surface area contributed by atoms with Gasteiger partial charge in [-0.3, -0.25) is 4.79 Å². The Balaban J connectivity index is 1.45. The molecular formula is C25H43NOS. The second-order valence-electron chi connectivity index (χ2n) is 11.4. The molecule has 0 saturated heterocycles. The number of hydrogen-bond donors (Lipinski definition) is 1. The molecule has 0 aromatic rings. The minimum Gasteiger partial charge on any atom is -0.300 e. The highest BCUT2D eigenvalue weighted by molar-refractivity contribution is 7.97. The first-order valence-corrected chi connectivity index (χ1v) is 13.4. The maximum atomic E-state index is 12.0. The summed E-state index contributed by atoms with van der Waals surface area (Å²) in [4.78, 5) is 12.0. The molecule has 4 saturated carbocycles. The van der Waals surface area contributed by atoms with Crippen LogP contribution in [0.2, 0.25) is 0 Å². The predicted molar refractivity (Wildman–Crippen MR) is 120 cm³/mol. The van der Waals surface area contributed by atoms with E-state index in [-0.39, 0.29) is 5.91 Å². The molecule has 3 heteroatoms. The third kappa shape index (κ3) is 3.46. The van der Waals surface area contributed by atoms with E-state index in [1.807, 2.05) is 6.26 Å². The van der Waals surface area contributed by atoms with Crippen molar-refractivity contribution in [2.24, 2.45) is 46.3 Å². The first-order chi connectivity index (χ1) is 13.4. The van der Waals surface area contributed by atoms with Gasteiger partial charge in [0, 0.05) is 12.7 Å². The highest BCUT2D eigenvalue weighted by Crippen LogP contribution is 2.68. The SMILES string of the molecule is CSNC(=O)CCC(C)C1CCC2C3CCC4CCCCC4(C)C3CCC12C. The molecule has 4 aliphatic carbocycles. The van der Waals surface area contributed by atoms with Gasteiger partial charge < -0.3 is 4.72 Å². The average Bonchev–Trinajstić information content (AvgIpc) is 3.03. The Bertz CT molecular complexity index is 579. The van der Waals surface area contributed by atoms with Crippen LogP contribution in [0.5, 0.6) is 0 Å². The van der Waals surface area contributed by atoms with Crippen molar-refractivity contribution in [2.75, 3.05) is 6.26 Å². The van der Waals surface area contributed by atoms with E-state index in [9.17, 15) is 4.79 Å². The van der Waals surface area contributed by atoms with Crippen LogP contribution < -0.4 is 4.72 Å². The van der Waals surface area contributed by atoms with Gasteiger partial charge in [-0.25, -0.2) is 0 Å². The molecule has 8 atom stereocenters. The Kier molecular flexibility index (Phi) is 6.14. The molecule has 4 rings (SSSR count). The number of rotatable bonds is 5. The van der Waals surface area contributed by atoms with Crippen molar-refractivity contribution < 1.29 is 4.79 Å². The molecule has 160 valence electrons. The van der Waals surface area contributed by atoms with Crippen molar-refractivity contribution >= 4 is 17.9 Å². The molecule has 0 spiro atoms. The van der Waals surface area contributed by atoms with Crippen molar-refractivity contribution in [3.05, 3.63) is 0 Å². The third-order valence-electron chi connectivity index (χ3n) is 10.4. The van der Waals surface area contributed by atoms with Crippen molar-refractivity contribution in [1.29, 1.82) is 0 Å². The Morgan fingerprint density at radius 2 is 1.79 bits per heavy atom. The summed E-state index contributed by atoms with van der Waals surface area (Å²) in [6.45, 7) is 7.78. The lowest BCUT2D eigenvalue weighted by atomic mass is 9.44. The number of fused-ring (bicyclic) bond motifs is 5. The van der Waals surface area contributed by atoms with Gasteiger partial charge in [-0.2, -0.15) is 0 Å². The Labute approximate surface area is 177 Å². The van der Waals surface area contributed by atoms with Gasteiger partial charge in [0.1, 0.15) is 0 Å². The molecule has 28 heavy (non-hydrogen) atoms. The number of carbonyl (C=O) groups is 1. The van der Waals surface area contributed by atoms with Gasteiger partial charge in [0.15, 0.2) is 0 Å². The molecule has 4 fully saturated rings. The van der Waals surface area contributed by atoms with Crippen LogP contribution in [-0.2, 0) is 4.79 Å². The van der Waals surface area contributed by atoms with Crippen LogP contribution in [0.4, 0.5) is 0 Å². The van der Waals surface area contributed by atoms with E-state index in [1.165, 1.54) is 76.2 Å². The minimum atomic E-state index is 0.214. The van der Waals surface area contributed by atoms with Gasteiger partial charge in [-0.05, 0) is 104 Å². The fourth-order valence-corrected chi connectivity index (χ4v) is 9.33. The van der Waals surface area contributed by atoms with E-state index in [4.69, 9.17) is 0 Å². The largest absolute Gasteiger partial charge is 0.300 e. The monoisotopic (exact) mass is 405 g/mol. The van der Waals surface area contributed by atoms with E-state index in [0.29, 0.717) is 23.2 Å². The summed E-state index contributed by atoms with van der Waals surface area (Å²) in [6, 6.07) is 0. The molecule has 0 bridgehead atoms. The van der Waals surface area contributed by atoms with Crippen LogP contribution >= 0.6 is 11.9 Å². The zero-order valence-corrected chi connectivity index (χ0v) is 19.6. The maximum Gasteiger partial charge on any atom is 0.229 e. The molecule has 0 aromatic carbocycles. The van der Waals surface area contributed by atoms with E-state index >= 15 is 0 Å². The van der Waals surface area contributed by atoms with Gasteiger partial charge in [-0.1, -0.05) is 45.6 Å². The number of hydrogen-bond acceptors (Lipinski definition) is 2. The van der Waals surface area contributed by atoms with Crippen LogP contribution in [0, 0.1) is 46.3 Å². The number of amides is 1. The summed E-state index contributed by atoms with van der Waals surface area (Å²) in [5.74, 6) is 5.71. The van der Waals surface area contributed by atoms with Crippen molar-refractivity contribution in [3.63, 3.8) is 0 Å². The molecule has 0 radical (unpaired) electrons. The van der Waals surface area contributed by atoms with Crippen LogP contribution in [-0.4, -0.2) is 12.2 Å². The lowest BCUT2D eigenvalue weighted by molar-refractivity contribution is -0.120. The Morgan fingerprint density at radius 1 is 1.00 bits per heavy atom. The maximum absolute atomic E-state index is 12.0. The molecule has 1 N–H and O–H groups in total. The first-order valence-electron chi connectivity index (χ1n) is 12.2. The van der Waals surface area contributed by atoms with Crippen LogP contribution in [0.3, 0.4) is 0 Å². The lowest BCUT2D eigenvalue weighted by Gasteiger charge is -2.61. The topological polar surface area (TPSA) is 29.1 Å². The van der Waals surface area contributed by atoms with E-state index in [0.717, 1.165) is 36.0 Å². The normalized spacial score (nSPS) is 46.2. The van der Waals surface area contributed by atoms with Crippen molar-refractivity contribution in [1.82, 2.24) is 4.72 Å². The summed E-state index contributed by atoms with van der Waals surface area (Å²) < 4.78 is 2.90. The summed E-state index contributed by atoms with van der Waals surface area (Å²) in [5, 5.41) is 0. The standard InChI is InChI=1S/C25H43NOS/c1-17(8-13-23(27)26-28-4)20-11-12-21-19-10-9-18-7-5-6-15-24(18,2)22(19)14-16-25(20,21)3/h17-22H,5-16H2,1-4H3,(H,26,27). The molecule has 8 unspecified atom stereocenters. The van der Waals surface area contributed by atoms with Gasteiger partial charge in [0.05, 0.1) is 0 Å². The quantitative estimate of drug-likeness (QED) is 0.507. The molecular weight excluding hydrogens is 362 g/mol.